The van der Waals surface area contributed by atoms with Gasteiger partial charge in [-0.2, -0.15) is 0 Å². The van der Waals surface area contributed by atoms with Crippen LogP contribution in [0.5, 0.6) is 0 Å². The molecule has 0 saturated carbocycles. The lowest BCUT2D eigenvalue weighted by atomic mass is 9.76. The van der Waals surface area contributed by atoms with Gasteiger partial charge in [-0.05, 0) is 37.0 Å². The molecule has 1 rings (SSSR count). The molecule has 1 saturated heterocycles. The average molecular weight is 299 g/mol. The summed E-state index contributed by atoms with van der Waals surface area (Å²) in [5, 5.41) is 11.8. The molecule has 2 unspecified atom stereocenters. The van der Waals surface area contributed by atoms with E-state index in [1.165, 1.54) is 0 Å². The predicted molar refractivity (Wildman–Crippen MR) is 81.0 cm³/mol. The number of nitrogens with one attached hydrogen (secondary N) is 1. The van der Waals surface area contributed by atoms with Gasteiger partial charge in [0.2, 0.25) is 5.91 Å². The van der Waals surface area contributed by atoms with Gasteiger partial charge >= 0.3 is 5.97 Å². The van der Waals surface area contributed by atoms with Crippen molar-refractivity contribution in [2.24, 2.45) is 17.3 Å². The number of ether oxygens (including phenoxy) is 1. The molecule has 1 heterocycles. The van der Waals surface area contributed by atoms with Crippen molar-refractivity contribution in [1.29, 1.82) is 0 Å². The first-order chi connectivity index (χ1) is 9.80. The number of hydrogen-bond acceptors (Lipinski definition) is 3. The summed E-state index contributed by atoms with van der Waals surface area (Å²) in [6.07, 6.45) is 3.50. The van der Waals surface area contributed by atoms with Crippen LogP contribution in [0, 0.1) is 17.3 Å². The van der Waals surface area contributed by atoms with E-state index in [1.807, 2.05) is 0 Å². The van der Waals surface area contributed by atoms with Crippen molar-refractivity contribution < 1.29 is 19.4 Å². The first kappa shape index (κ1) is 18.0. The number of hydrogen-bond donors (Lipinski definition) is 2. The third-order valence-electron chi connectivity index (χ3n) is 4.25. The van der Waals surface area contributed by atoms with Crippen LogP contribution < -0.4 is 5.32 Å². The second-order valence-electron chi connectivity index (χ2n) is 6.99. The quantitative estimate of drug-likeness (QED) is 0.757. The molecule has 0 spiro atoms. The minimum atomic E-state index is -0.757. The average Bonchev–Trinajstić information content (AvgIpc) is 2.41. The van der Waals surface area contributed by atoms with E-state index in [4.69, 9.17) is 9.84 Å². The van der Waals surface area contributed by atoms with E-state index in [9.17, 15) is 9.59 Å². The molecule has 0 aromatic rings. The van der Waals surface area contributed by atoms with E-state index in [0.717, 1.165) is 25.9 Å². The van der Waals surface area contributed by atoms with Crippen molar-refractivity contribution in [2.45, 2.75) is 52.9 Å². The Hall–Kier alpha value is -1.10. The summed E-state index contributed by atoms with van der Waals surface area (Å²) in [6, 6.07) is 0. The number of carboxylic acid groups (broad SMARTS) is 1. The Morgan fingerprint density at radius 3 is 2.57 bits per heavy atom. The third-order valence-corrected chi connectivity index (χ3v) is 4.25. The highest BCUT2D eigenvalue weighted by Crippen LogP contribution is 2.32. The second-order valence-corrected chi connectivity index (χ2v) is 6.99. The van der Waals surface area contributed by atoms with Crippen LogP contribution in [0.3, 0.4) is 0 Å². The zero-order valence-corrected chi connectivity index (χ0v) is 13.5. The summed E-state index contributed by atoms with van der Waals surface area (Å²) in [4.78, 5) is 22.7. The molecule has 0 radical (unpaired) electrons. The third kappa shape index (κ3) is 6.93. The molecule has 2 atom stereocenters. The molecule has 1 fully saturated rings. The lowest BCUT2D eigenvalue weighted by molar-refractivity contribution is -0.137. The molecule has 1 amide bonds. The topological polar surface area (TPSA) is 75.6 Å². The second kappa shape index (κ2) is 8.37. The largest absolute Gasteiger partial charge is 0.481 e. The van der Waals surface area contributed by atoms with Gasteiger partial charge in [0, 0.05) is 19.6 Å². The summed E-state index contributed by atoms with van der Waals surface area (Å²) < 4.78 is 5.32. The fourth-order valence-corrected chi connectivity index (χ4v) is 2.77. The van der Waals surface area contributed by atoms with Gasteiger partial charge in [-0.3, -0.25) is 9.59 Å². The van der Waals surface area contributed by atoms with Gasteiger partial charge in [-0.1, -0.05) is 20.8 Å². The summed E-state index contributed by atoms with van der Waals surface area (Å²) in [5.41, 5.74) is 0.0497. The van der Waals surface area contributed by atoms with Crippen LogP contribution in [0.4, 0.5) is 0 Å². The number of carbonyl (C=O) groups is 2. The molecule has 122 valence electrons. The van der Waals surface area contributed by atoms with E-state index in [-0.39, 0.29) is 29.6 Å². The Balaban J connectivity index is 2.34. The molecule has 0 aliphatic carbocycles. The van der Waals surface area contributed by atoms with Crippen molar-refractivity contribution in [1.82, 2.24) is 5.32 Å². The maximum absolute atomic E-state index is 12.0. The van der Waals surface area contributed by atoms with Crippen LogP contribution in [0.2, 0.25) is 0 Å². The molecule has 0 aromatic carbocycles. The first-order valence-corrected chi connectivity index (χ1v) is 7.88. The minimum Gasteiger partial charge on any atom is -0.481 e. The molecule has 0 bridgehead atoms. The Morgan fingerprint density at radius 2 is 2.05 bits per heavy atom. The van der Waals surface area contributed by atoms with Crippen molar-refractivity contribution >= 4 is 11.9 Å². The van der Waals surface area contributed by atoms with Gasteiger partial charge in [-0.25, -0.2) is 0 Å². The fourth-order valence-electron chi connectivity index (χ4n) is 2.77. The Labute approximate surface area is 127 Å². The highest BCUT2D eigenvalue weighted by atomic mass is 16.5. The molecular weight excluding hydrogens is 270 g/mol. The summed E-state index contributed by atoms with van der Waals surface area (Å²) in [7, 11) is 0. The van der Waals surface area contributed by atoms with E-state index in [1.54, 1.807) is 0 Å². The van der Waals surface area contributed by atoms with E-state index in [2.05, 4.69) is 26.1 Å². The van der Waals surface area contributed by atoms with Crippen molar-refractivity contribution in [3.63, 3.8) is 0 Å². The number of rotatable bonds is 7. The van der Waals surface area contributed by atoms with Gasteiger partial charge in [-0.15, -0.1) is 0 Å². The van der Waals surface area contributed by atoms with Gasteiger partial charge in [0.1, 0.15) is 0 Å². The lowest BCUT2D eigenvalue weighted by Crippen LogP contribution is -2.37. The van der Waals surface area contributed by atoms with Gasteiger partial charge < -0.3 is 15.2 Å². The number of carbonyl (C=O) groups excluding carboxylic acids is 1. The smallest absolute Gasteiger partial charge is 0.303 e. The maximum atomic E-state index is 12.0. The van der Waals surface area contributed by atoms with Crippen LogP contribution in [0.15, 0.2) is 0 Å². The van der Waals surface area contributed by atoms with E-state index < -0.39 is 5.97 Å². The monoisotopic (exact) mass is 299 g/mol. The molecule has 21 heavy (non-hydrogen) atoms. The molecular formula is C16H29NO4. The normalized spacial score (nSPS) is 20.8. The van der Waals surface area contributed by atoms with Gasteiger partial charge in [0.05, 0.1) is 12.5 Å². The molecule has 0 aromatic heterocycles. The highest BCUT2D eigenvalue weighted by Gasteiger charge is 2.26. The fraction of sp³-hybridized carbons (Fsp3) is 0.875. The summed E-state index contributed by atoms with van der Waals surface area (Å²) in [6.45, 7) is 8.25. The van der Waals surface area contributed by atoms with E-state index in [0.29, 0.717) is 19.6 Å². The van der Waals surface area contributed by atoms with Crippen molar-refractivity contribution in [3.8, 4) is 0 Å². The van der Waals surface area contributed by atoms with Crippen LogP contribution in [0.1, 0.15) is 52.9 Å². The number of carboxylic acids is 1. The van der Waals surface area contributed by atoms with Crippen molar-refractivity contribution in [2.75, 3.05) is 19.8 Å². The van der Waals surface area contributed by atoms with Crippen LogP contribution in [-0.2, 0) is 14.3 Å². The van der Waals surface area contributed by atoms with Gasteiger partial charge in [0.15, 0.2) is 0 Å². The summed E-state index contributed by atoms with van der Waals surface area (Å²) >= 11 is 0. The van der Waals surface area contributed by atoms with Crippen LogP contribution in [0.25, 0.3) is 0 Å². The van der Waals surface area contributed by atoms with Crippen LogP contribution >= 0.6 is 0 Å². The zero-order chi connectivity index (χ0) is 15.9. The van der Waals surface area contributed by atoms with Gasteiger partial charge in [0.25, 0.3) is 0 Å². The number of amides is 1. The molecule has 5 nitrogen and oxygen atoms in total. The molecule has 1 aliphatic heterocycles. The highest BCUT2D eigenvalue weighted by molar-refractivity contribution is 5.78. The molecule has 2 N–H and O–H groups in total. The Kier molecular flexibility index (Phi) is 7.15. The molecule has 5 heteroatoms. The standard InChI is InChI=1S/C16H29NO4/c1-16(2,3)13(6-7-14(18)19)8-9-17-15(20)12-5-4-10-21-11-12/h12-13H,4-11H2,1-3H3,(H,17,20)(H,18,19). The summed E-state index contributed by atoms with van der Waals surface area (Å²) in [5.74, 6) is -0.421. The minimum absolute atomic E-state index is 0.0224. The SMILES string of the molecule is CC(C)(C)C(CCNC(=O)C1CCCOC1)CCC(=O)O. The van der Waals surface area contributed by atoms with Crippen molar-refractivity contribution in [3.05, 3.63) is 0 Å². The van der Waals surface area contributed by atoms with E-state index >= 15 is 0 Å². The molecule has 1 aliphatic rings. The predicted octanol–water partition coefficient (Wildman–Crippen LogP) is 2.45. The lowest BCUT2D eigenvalue weighted by Gasteiger charge is -2.31. The van der Waals surface area contributed by atoms with Crippen LogP contribution in [-0.4, -0.2) is 36.7 Å². The zero-order valence-electron chi connectivity index (χ0n) is 13.5. The Morgan fingerprint density at radius 1 is 1.33 bits per heavy atom. The maximum Gasteiger partial charge on any atom is 0.303 e. The number of aliphatic carboxylic acids is 1. The first-order valence-electron chi connectivity index (χ1n) is 7.88. The Bertz CT molecular complexity index is 343.